The molecule has 0 fully saturated rings. The van der Waals surface area contributed by atoms with Crippen molar-refractivity contribution in [2.45, 2.75) is 34.2 Å². The van der Waals surface area contributed by atoms with Gasteiger partial charge in [0.2, 0.25) is 0 Å². The Morgan fingerprint density at radius 3 is 1.82 bits per heavy atom. The molecule has 0 aliphatic heterocycles. The van der Waals surface area contributed by atoms with E-state index in [1.54, 1.807) is 0 Å². The van der Waals surface area contributed by atoms with Gasteiger partial charge in [0, 0.05) is 17.2 Å². The molecule has 0 saturated carbocycles. The van der Waals surface area contributed by atoms with Crippen LogP contribution in [0.3, 0.4) is 0 Å². The Morgan fingerprint density at radius 1 is 0.848 bits per heavy atom. The maximum Gasteiger partial charge on any atom is 0.426 e. The van der Waals surface area contributed by atoms with Crippen molar-refractivity contribution in [1.82, 2.24) is 0 Å². The third-order valence-electron chi connectivity index (χ3n) is 4.34. The Bertz CT molecular complexity index is 1280. The summed E-state index contributed by atoms with van der Waals surface area (Å²) in [5, 5.41) is 7.91. The van der Waals surface area contributed by atoms with Gasteiger partial charge < -0.3 is 9.84 Å². The van der Waals surface area contributed by atoms with Crippen LogP contribution >= 0.6 is 0 Å². The highest BCUT2D eigenvalue weighted by atomic mass is 32.2. The van der Waals surface area contributed by atoms with E-state index in [9.17, 15) is 57.1 Å². The van der Waals surface area contributed by atoms with Crippen LogP contribution in [0.2, 0.25) is 0 Å². The van der Waals surface area contributed by atoms with Gasteiger partial charge in [-0.3, -0.25) is 9.11 Å². The molecule has 0 radical (unpaired) electrons. The number of hydrogen-bond donors (Lipinski definition) is 3. The van der Waals surface area contributed by atoms with Crippen LogP contribution in [-0.4, -0.2) is 61.6 Å². The van der Waals surface area contributed by atoms with Crippen LogP contribution in [0.4, 0.5) is 26.3 Å². The molecule has 2 aromatic rings. The van der Waals surface area contributed by atoms with Crippen LogP contribution in [0.5, 0.6) is 0 Å². The first kappa shape index (κ1) is 26.8. The lowest BCUT2D eigenvalue weighted by Gasteiger charge is -2.32. The zero-order valence-electron chi connectivity index (χ0n) is 15.7. The van der Waals surface area contributed by atoms with Crippen LogP contribution in [0.15, 0.2) is 40.1 Å². The standard InChI is InChI=1S/C16H12F6O9S2/c17-15(18,19)14(24,16(20,21)22)4-5-31-13(23)8-6-10-9(12(7-8)33(28,29)30)2-1-3-11(10)32(25,26)27/h1-3,6-7,24H,4-5H2,(H,25,26,27)(H,28,29,30). The van der Waals surface area contributed by atoms with Gasteiger partial charge in [0.15, 0.2) is 0 Å². The number of esters is 1. The minimum absolute atomic E-state index is 0.424. The third kappa shape index (κ3) is 5.37. The number of benzene rings is 2. The number of hydrogen-bond acceptors (Lipinski definition) is 7. The third-order valence-corrected chi connectivity index (χ3v) is 6.15. The Kier molecular flexibility index (Phi) is 6.81. The topological polar surface area (TPSA) is 155 Å². The quantitative estimate of drug-likeness (QED) is 0.293. The summed E-state index contributed by atoms with van der Waals surface area (Å²) in [7, 11) is -10.2. The van der Waals surface area contributed by atoms with E-state index in [1.165, 1.54) is 0 Å². The molecular weight excluding hydrogens is 514 g/mol. The van der Waals surface area contributed by atoms with E-state index in [2.05, 4.69) is 4.74 Å². The average molecular weight is 526 g/mol. The van der Waals surface area contributed by atoms with Crippen LogP contribution in [0.25, 0.3) is 10.8 Å². The summed E-state index contributed by atoms with van der Waals surface area (Å²) >= 11 is 0. The maximum atomic E-state index is 12.7. The van der Waals surface area contributed by atoms with Crippen molar-refractivity contribution >= 4 is 37.0 Å². The lowest BCUT2D eigenvalue weighted by Crippen LogP contribution is -2.57. The second-order valence-corrected chi connectivity index (χ2v) is 9.30. The van der Waals surface area contributed by atoms with E-state index < -0.39 is 83.3 Å². The number of carbonyl (C=O) groups is 1. The molecule has 0 aliphatic rings. The number of fused-ring (bicyclic) bond motifs is 1. The largest absolute Gasteiger partial charge is 0.462 e. The van der Waals surface area contributed by atoms with Crippen molar-refractivity contribution in [3.8, 4) is 0 Å². The van der Waals surface area contributed by atoms with Crippen molar-refractivity contribution in [3.63, 3.8) is 0 Å². The number of halogens is 6. The summed E-state index contributed by atoms with van der Waals surface area (Å²) in [5.41, 5.74) is -6.13. The molecule has 2 aromatic carbocycles. The van der Waals surface area contributed by atoms with Gasteiger partial charge in [-0.25, -0.2) is 4.79 Å². The number of ether oxygens (including phenoxy) is 1. The Hall–Kier alpha value is -2.47. The number of alkyl halides is 6. The van der Waals surface area contributed by atoms with Gasteiger partial charge >= 0.3 is 18.3 Å². The molecule has 0 atom stereocenters. The second kappa shape index (κ2) is 8.39. The molecule has 0 amide bonds. The average Bonchev–Trinajstić information content (AvgIpc) is 2.62. The van der Waals surface area contributed by atoms with Gasteiger partial charge in [-0.2, -0.15) is 43.2 Å². The summed E-state index contributed by atoms with van der Waals surface area (Å²) in [4.78, 5) is 10.2. The van der Waals surface area contributed by atoms with Gasteiger partial charge in [0.25, 0.3) is 25.8 Å². The first-order chi connectivity index (χ1) is 14.7. The monoisotopic (exact) mass is 526 g/mol. The van der Waals surface area contributed by atoms with Gasteiger partial charge in [-0.05, 0) is 18.2 Å². The molecule has 0 aliphatic carbocycles. The van der Waals surface area contributed by atoms with Crippen molar-refractivity contribution < 1.29 is 66.9 Å². The Labute approximate surface area is 181 Å². The molecule has 3 N–H and O–H groups in total. The molecule has 33 heavy (non-hydrogen) atoms. The first-order valence-corrected chi connectivity index (χ1v) is 11.1. The van der Waals surface area contributed by atoms with Gasteiger partial charge in [0.05, 0.1) is 12.2 Å². The molecule has 0 saturated heterocycles. The fraction of sp³-hybridized carbons (Fsp3) is 0.312. The molecule has 0 aromatic heterocycles. The number of carbonyl (C=O) groups excluding carboxylic acids is 1. The fourth-order valence-corrected chi connectivity index (χ4v) is 4.13. The predicted octanol–water partition coefficient (Wildman–Crippen LogP) is 2.74. The SMILES string of the molecule is O=C(OCCC(O)(C(F)(F)F)C(F)(F)F)c1cc(S(=O)(=O)O)c2cccc(S(=O)(=O)O)c2c1. The number of aliphatic hydroxyl groups is 1. The highest BCUT2D eigenvalue weighted by Crippen LogP contribution is 2.45. The summed E-state index contributed by atoms with van der Waals surface area (Å²) in [5.74, 6) is -1.72. The molecule has 0 bridgehead atoms. The molecular formula is C16H12F6O9S2. The fourth-order valence-electron chi connectivity index (χ4n) is 2.70. The minimum atomic E-state index is -6.18. The summed E-state index contributed by atoms with van der Waals surface area (Å²) in [6.07, 6.45) is -14.5. The lowest BCUT2D eigenvalue weighted by atomic mass is 9.99. The van der Waals surface area contributed by atoms with Gasteiger partial charge in [-0.1, -0.05) is 12.1 Å². The molecule has 17 heteroatoms. The highest BCUT2D eigenvalue weighted by molar-refractivity contribution is 7.86. The van der Waals surface area contributed by atoms with E-state index in [4.69, 9.17) is 5.11 Å². The Morgan fingerprint density at radius 2 is 1.36 bits per heavy atom. The molecule has 0 unspecified atom stereocenters. The van der Waals surface area contributed by atoms with E-state index in [1.807, 2.05) is 0 Å². The smallest absolute Gasteiger partial charge is 0.426 e. The van der Waals surface area contributed by atoms with Crippen LogP contribution < -0.4 is 0 Å². The van der Waals surface area contributed by atoms with E-state index >= 15 is 0 Å². The van der Waals surface area contributed by atoms with Gasteiger partial charge in [-0.15, -0.1) is 0 Å². The predicted molar refractivity (Wildman–Crippen MR) is 95.5 cm³/mol. The maximum absolute atomic E-state index is 12.7. The molecule has 0 spiro atoms. The molecule has 9 nitrogen and oxygen atoms in total. The van der Waals surface area contributed by atoms with Crippen LogP contribution in [0.1, 0.15) is 16.8 Å². The van der Waals surface area contributed by atoms with Crippen molar-refractivity contribution in [3.05, 3.63) is 35.9 Å². The van der Waals surface area contributed by atoms with E-state index in [0.717, 1.165) is 18.2 Å². The normalized spacial score (nSPS) is 13.8. The van der Waals surface area contributed by atoms with Crippen LogP contribution in [-0.2, 0) is 25.0 Å². The molecule has 0 heterocycles. The zero-order valence-corrected chi connectivity index (χ0v) is 17.3. The van der Waals surface area contributed by atoms with E-state index in [-0.39, 0.29) is 0 Å². The minimum Gasteiger partial charge on any atom is -0.462 e. The van der Waals surface area contributed by atoms with Crippen molar-refractivity contribution in [2.75, 3.05) is 6.61 Å². The van der Waals surface area contributed by atoms with Crippen molar-refractivity contribution in [1.29, 1.82) is 0 Å². The van der Waals surface area contributed by atoms with E-state index in [0.29, 0.717) is 12.1 Å². The molecule has 184 valence electrons. The highest BCUT2D eigenvalue weighted by Gasteiger charge is 2.70. The van der Waals surface area contributed by atoms with Crippen LogP contribution in [0, 0.1) is 0 Å². The summed E-state index contributed by atoms with van der Waals surface area (Å²) in [6.45, 7) is -1.65. The molecule has 2 rings (SSSR count). The second-order valence-electron chi connectivity index (χ2n) is 6.52. The van der Waals surface area contributed by atoms with Crippen molar-refractivity contribution in [2.24, 2.45) is 0 Å². The lowest BCUT2D eigenvalue weighted by molar-refractivity contribution is -0.371. The summed E-state index contributed by atoms with van der Waals surface area (Å²) < 4.78 is 145. The Balaban J connectivity index is 2.51. The summed E-state index contributed by atoms with van der Waals surface area (Å²) in [6, 6.07) is 3.79. The zero-order chi connectivity index (χ0) is 25.6. The van der Waals surface area contributed by atoms with Gasteiger partial charge in [0.1, 0.15) is 9.79 Å². The number of rotatable bonds is 6. The first-order valence-electron chi connectivity index (χ1n) is 8.25.